The standard InChI is InChI=1S/C12H7BrClF2NO2S/c13-9-5-7(15)1-4-12(9)20(18,19)17-8-2-3-10(14)11(16)6-8/h1-6,17H. The highest BCUT2D eigenvalue weighted by atomic mass is 79.9. The Morgan fingerprint density at radius 3 is 2.40 bits per heavy atom. The summed E-state index contributed by atoms with van der Waals surface area (Å²) in [5, 5.41) is -0.115. The molecule has 2 rings (SSSR count). The van der Waals surface area contributed by atoms with Crippen molar-refractivity contribution in [2.24, 2.45) is 0 Å². The lowest BCUT2D eigenvalue weighted by molar-refractivity contribution is 0.598. The van der Waals surface area contributed by atoms with Crippen molar-refractivity contribution in [1.29, 1.82) is 0 Å². The van der Waals surface area contributed by atoms with Crippen LogP contribution in [-0.4, -0.2) is 8.42 Å². The third kappa shape index (κ3) is 3.28. The van der Waals surface area contributed by atoms with Crippen LogP contribution in [0.4, 0.5) is 14.5 Å². The number of nitrogens with one attached hydrogen (secondary N) is 1. The van der Waals surface area contributed by atoms with Crippen molar-refractivity contribution in [3.05, 3.63) is 57.5 Å². The molecule has 0 fully saturated rings. The largest absolute Gasteiger partial charge is 0.279 e. The molecule has 0 amide bonds. The average molecular weight is 383 g/mol. The molecular formula is C12H7BrClF2NO2S. The lowest BCUT2D eigenvalue weighted by Gasteiger charge is -2.10. The Kier molecular flexibility index (Phi) is 4.31. The number of rotatable bonds is 3. The molecule has 0 heterocycles. The van der Waals surface area contributed by atoms with Crippen LogP contribution in [0.3, 0.4) is 0 Å². The minimum atomic E-state index is -3.96. The van der Waals surface area contributed by atoms with E-state index in [9.17, 15) is 17.2 Å². The Bertz CT molecular complexity index is 768. The number of halogens is 4. The van der Waals surface area contributed by atoms with E-state index >= 15 is 0 Å². The van der Waals surface area contributed by atoms with Crippen LogP contribution >= 0.6 is 27.5 Å². The molecule has 0 aromatic heterocycles. The molecule has 2 aromatic carbocycles. The molecule has 0 atom stereocenters. The molecule has 2 aromatic rings. The van der Waals surface area contributed by atoms with Crippen LogP contribution in [0.5, 0.6) is 0 Å². The molecule has 1 N–H and O–H groups in total. The van der Waals surface area contributed by atoms with E-state index in [2.05, 4.69) is 20.7 Å². The van der Waals surface area contributed by atoms with Crippen molar-refractivity contribution < 1.29 is 17.2 Å². The first-order valence-corrected chi connectivity index (χ1v) is 7.88. The van der Waals surface area contributed by atoms with E-state index in [-0.39, 0.29) is 20.1 Å². The zero-order valence-corrected chi connectivity index (χ0v) is 12.9. The molecule has 0 aliphatic heterocycles. The summed E-state index contributed by atoms with van der Waals surface area (Å²) in [6.45, 7) is 0. The third-order valence-corrected chi connectivity index (χ3v) is 5.02. The number of benzene rings is 2. The van der Waals surface area contributed by atoms with Gasteiger partial charge in [-0.3, -0.25) is 4.72 Å². The number of sulfonamides is 1. The Morgan fingerprint density at radius 1 is 1.10 bits per heavy atom. The fourth-order valence-electron chi connectivity index (χ4n) is 1.46. The normalized spacial score (nSPS) is 11.4. The van der Waals surface area contributed by atoms with Gasteiger partial charge in [0.05, 0.1) is 10.7 Å². The zero-order chi connectivity index (χ0) is 14.9. The van der Waals surface area contributed by atoms with Crippen molar-refractivity contribution in [2.75, 3.05) is 4.72 Å². The molecule has 0 saturated heterocycles. The van der Waals surface area contributed by atoms with Gasteiger partial charge in [0.15, 0.2) is 0 Å². The molecule has 0 aliphatic carbocycles. The van der Waals surface area contributed by atoms with Crippen LogP contribution in [0.2, 0.25) is 5.02 Å². The smallest absolute Gasteiger partial charge is 0.263 e. The Balaban J connectivity index is 2.38. The van der Waals surface area contributed by atoms with Gasteiger partial charge < -0.3 is 0 Å². The summed E-state index contributed by atoms with van der Waals surface area (Å²) in [5.41, 5.74) is 0.0168. The summed E-state index contributed by atoms with van der Waals surface area (Å²) in [6, 6.07) is 6.65. The Morgan fingerprint density at radius 2 is 1.80 bits per heavy atom. The molecule has 0 aliphatic rings. The van der Waals surface area contributed by atoms with Crippen LogP contribution in [0.15, 0.2) is 45.8 Å². The van der Waals surface area contributed by atoms with Crippen molar-refractivity contribution in [1.82, 2.24) is 0 Å². The molecule has 0 spiro atoms. The number of hydrogen-bond donors (Lipinski definition) is 1. The number of hydrogen-bond acceptors (Lipinski definition) is 2. The quantitative estimate of drug-likeness (QED) is 0.865. The van der Waals surface area contributed by atoms with Gasteiger partial charge in [0.1, 0.15) is 16.5 Å². The SMILES string of the molecule is O=S(=O)(Nc1ccc(Cl)c(F)c1)c1ccc(F)cc1Br. The maximum atomic E-state index is 13.3. The van der Waals surface area contributed by atoms with Crippen molar-refractivity contribution >= 4 is 43.2 Å². The first kappa shape index (κ1) is 15.2. The van der Waals surface area contributed by atoms with Crippen LogP contribution < -0.4 is 4.72 Å². The van der Waals surface area contributed by atoms with Gasteiger partial charge in [-0.15, -0.1) is 0 Å². The Labute approximate surface area is 127 Å². The second kappa shape index (κ2) is 5.67. The third-order valence-electron chi connectivity index (χ3n) is 2.36. The summed E-state index contributed by atoms with van der Waals surface area (Å²) in [7, 11) is -3.96. The highest BCUT2D eigenvalue weighted by Crippen LogP contribution is 2.26. The zero-order valence-electron chi connectivity index (χ0n) is 9.70. The molecule has 3 nitrogen and oxygen atoms in total. The molecule has 0 unspecified atom stereocenters. The summed E-state index contributed by atoms with van der Waals surface area (Å²) in [6.07, 6.45) is 0. The topological polar surface area (TPSA) is 46.2 Å². The second-order valence-corrected chi connectivity index (χ2v) is 6.72. The predicted octanol–water partition coefficient (Wildman–Crippen LogP) is 4.18. The summed E-state index contributed by atoms with van der Waals surface area (Å²) in [5.74, 6) is -1.32. The molecule has 0 bridgehead atoms. The summed E-state index contributed by atoms with van der Waals surface area (Å²) >= 11 is 8.48. The molecule has 20 heavy (non-hydrogen) atoms. The fraction of sp³-hybridized carbons (Fsp3) is 0. The second-order valence-electron chi connectivity index (χ2n) is 3.81. The molecular weight excluding hydrogens is 376 g/mol. The van der Waals surface area contributed by atoms with Gasteiger partial charge in [-0.2, -0.15) is 0 Å². The van der Waals surface area contributed by atoms with Gasteiger partial charge in [0.25, 0.3) is 10.0 Å². The maximum Gasteiger partial charge on any atom is 0.263 e. The summed E-state index contributed by atoms with van der Waals surface area (Å²) < 4.78 is 52.7. The molecule has 0 saturated carbocycles. The molecule has 106 valence electrons. The van der Waals surface area contributed by atoms with Crippen LogP contribution in [0.1, 0.15) is 0 Å². The molecule has 0 radical (unpaired) electrons. The maximum absolute atomic E-state index is 13.3. The average Bonchev–Trinajstić information content (AvgIpc) is 2.33. The van der Waals surface area contributed by atoms with Gasteiger partial charge >= 0.3 is 0 Å². The van der Waals surface area contributed by atoms with E-state index in [1.54, 1.807) is 0 Å². The first-order chi connectivity index (χ1) is 9.29. The monoisotopic (exact) mass is 381 g/mol. The predicted molar refractivity (Wildman–Crippen MR) is 76.3 cm³/mol. The van der Waals surface area contributed by atoms with Gasteiger partial charge in [-0.1, -0.05) is 11.6 Å². The van der Waals surface area contributed by atoms with Crippen molar-refractivity contribution in [2.45, 2.75) is 4.90 Å². The van der Waals surface area contributed by atoms with E-state index in [0.29, 0.717) is 0 Å². The van der Waals surface area contributed by atoms with Crippen molar-refractivity contribution in [3.8, 4) is 0 Å². The van der Waals surface area contributed by atoms with E-state index in [1.807, 2.05) is 0 Å². The fourth-order valence-corrected chi connectivity index (χ4v) is 3.68. The van der Waals surface area contributed by atoms with E-state index in [4.69, 9.17) is 11.6 Å². The lowest BCUT2D eigenvalue weighted by Crippen LogP contribution is -2.13. The minimum absolute atomic E-state index is 0.0168. The van der Waals surface area contributed by atoms with E-state index in [0.717, 1.165) is 24.3 Å². The minimum Gasteiger partial charge on any atom is -0.279 e. The van der Waals surface area contributed by atoms with Crippen LogP contribution in [0.25, 0.3) is 0 Å². The number of anilines is 1. The highest BCUT2D eigenvalue weighted by Gasteiger charge is 2.18. The van der Waals surface area contributed by atoms with Gasteiger partial charge in [-0.25, -0.2) is 17.2 Å². The highest BCUT2D eigenvalue weighted by molar-refractivity contribution is 9.10. The first-order valence-electron chi connectivity index (χ1n) is 5.22. The van der Waals surface area contributed by atoms with E-state index in [1.165, 1.54) is 12.1 Å². The van der Waals surface area contributed by atoms with Crippen LogP contribution in [-0.2, 0) is 10.0 Å². The van der Waals surface area contributed by atoms with Crippen molar-refractivity contribution in [3.63, 3.8) is 0 Å². The van der Waals surface area contributed by atoms with Crippen LogP contribution in [0, 0.1) is 11.6 Å². The van der Waals surface area contributed by atoms with E-state index < -0.39 is 21.7 Å². The van der Waals surface area contributed by atoms with Gasteiger partial charge in [-0.05, 0) is 52.3 Å². The molecule has 8 heteroatoms. The lowest BCUT2D eigenvalue weighted by atomic mass is 10.3. The Hall–Kier alpha value is -1.18. The van der Waals surface area contributed by atoms with Gasteiger partial charge in [0, 0.05) is 4.47 Å². The van der Waals surface area contributed by atoms with Gasteiger partial charge in [0.2, 0.25) is 0 Å². The summed E-state index contributed by atoms with van der Waals surface area (Å²) in [4.78, 5) is -0.158.